The number of hydrogen-bond donors (Lipinski definition) is 2. The van der Waals surface area contributed by atoms with E-state index in [0.29, 0.717) is 0 Å². The first-order chi connectivity index (χ1) is 15.3. The Kier molecular flexibility index (Phi) is 10.6. The van der Waals surface area contributed by atoms with Crippen LogP contribution in [0.25, 0.3) is 0 Å². The Bertz CT molecular complexity index is 687. The van der Waals surface area contributed by atoms with Crippen LogP contribution in [0.5, 0.6) is 0 Å². The predicted octanol–water partition coefficient (Wildman–Crippen LogP) is 1.08. The van der Waals surface area contributed by atoms with Gasteiger partial charge in [0.2, 0.25) is 11.8 Å². The highest BCUT2D eigenvalue weighted by Crippen LogP contribution is 2.24. The summed E-state index contributed by atoms with van der Waals surface area (Å²) in [4.78, 5) is 70.5. The van der Waals surface area contributed by atoms with Gasteiger partial charge in [0.25, 0.3) is 11.8 Å². The molecular weight excluding hydrogens is 420 g/mol. The molecule has 0 heterocycles. The van der Waals surface area contributed by atoms with Crippen molar-refractivity contribution in [3.05, 3.63) is 12.2 Å². The van der Waals surface area contributed by atoms with Crippen LogP contribution >= 0.6 is 0 Å². The molecule has 176 valence electrons. The smallest absolute Gasteiger partial charge is 0.331 e. The molecule has 0 aromatic rings. The third-order valence-corrected chi connectivity index (χ3v) is 5.52. The largest absolute Gasteiger partial charge is 0.452 e. The van der Waals surface area contributed by atoms with Crippen molar-refractivity contribution < 1.29 is 38.2 Å². The van der Waals surface area contributed by atoms with E-state index in [4.69, 9.17) is 0 Å². The first kappa shape index (κ1) is 25.2. The molecule has 2 fully saturated rings. The zero-order valence-electron chi connectivity index (χ0n) is 18.1. The normalized spacial score (nSPS) is 17.4. The second-order valence-corrected chi connectivity index (χ2v) is 8.04. The van der Waals surface area contributed by atoms with E-state index in [1.165, 1.54) is 0 Å². The maximum atomic E-state index is 12.0. The van der Waals surface area contributed by atoms with Gasteiger partial charge in [0.1, 0.15) is 0 Å². The topological polar surface area (TPSA) is 145 Å². The predicted molar refractivity (Wildman–Crippen MR) is 111 cm³/mol. The first-order valence-corrected chi connectivity index (χ1v) is 11.0. The molecule has 2 saturated carbocycles. The number of esters is 2. The van der Waals surface area contributed by atoms with Crippen molar-refractivity contribution in [2.45, 2.75) is 64.2 Å². The van der Waals surface area contributed by atoms with E-state index in [1.54, 1.807) is 0 Å². The van der Waals surface area contributed by atoms with Gasteiger partial charge in [0.15, 0.2) is 13.2 Å². The number of ether oxygens (including phenoxy) is 2. The van der Waals surface area contributed by atoms with Crippen molar-refractivity contribution in [2.75, 3.05) is 13.2 Å². The van der Waals surface area contributed by atoms with Crippen LogP contribution in [0.1, 0.15) is 64.2 Å². The summed E-state index contributed by atoms with van der Waals surface area (Å²) in [5, 5.41) is 4.40. The van der Waals surface area contributed by atoms with Crippen molar-refractivity contribution in [1.29, 1.82) is 0 Å². The fraction of sp³-hybridized carbons (Fsp3) is 0.636. The van der Waals surface area contributed by atoms with Gasteiger partial charge in [-0.05, 0) is 25.7 Å². The van der Waals surface area contributed by atoms with Crippen molar-refractivity contribution in [2.24, 2.45) is 11.8 Å². The summed E-state index contributed by atoms with van der Waals surface area (Å²) >= 11 is 0. The molecular formula is C22H30N2O8. The molecule has 0 unspecified atom stereocenters. The van der Waals surface area contributed by atoms with Crippen LogP contribution in [0.15, 0.2) is 12.2 Å². The van der Waals surface area contributed by atoms with Gasteiger partial charge in [0.05, 0.1) is 0 Å². The molecule has 0 aliphatic heterocycles. The highest BCUT2D eigenvalue weighted by molar-refractivity contribution is 5.99. The van der Waals surface area contributed by atoms with Gasteiger partial charge in [-0.25, -0.2) is 9.59 Å². The zero-order chi connectivity index (χ0) is 23.3. The molecule has 0 atom stereocenters. The number of carbonyl (C=O) groups is 6. The van der Waals surface area contributed by atoms with Gasteiger partial charge in [-0.15, -0.1) is 0 Å². The molecule has 2 rings (SSSR count). The lowest BCUT2D eigenvalue weighted by molar-refractivity contribution is -0.147. The maximum Gasteiger partial charge on any atom is 0.331 e. The summed E-state index contributed by atoms with van der Waals surface area (Å²) in [6.45, 7) is -1.33. The lowest BCUT2D eigenvalue weighted by atomic mass is 9.89. The molecule has 4 amide bonds. The fourth-order valence-electron chi connectivity index (χ4n) is 3.79. The summed E-state index contributed by atoms with van der Waals surface area (Å²) < 4.78 is 9.33. The third kappa shape index (κ3) is 9.40. The van der Waals surface area contributed by atoms with Crippen LogP contribution < -0.4 is 10.6 Å². The molecule has 2 aliphatic rings. The van der Waals surface area contributed by atoms with E-state index in [9.17, 15) is 28.8 Å². The summed E-state index contributed by atoms with van der Waals surface area (Å²) in [7, 11) is 0. The van der Waals surface area contributed by atoms with Gasteiger partial charge >= 0.3 is 11.9 Å². The molecule has 0 aromatic carbocycles. The molecule has 0 spiro atoms. The highest BCUT2D eigenvalue weighted by Gasteiger charge is 2.24. The minimum Gasteiger partial charge on any atom is -0.452 e. The Balaban J connectivity index is 1.60. The zero-order valence-corrected chi connectivity index (χ0v) is 18.1. The molecule has 2 N–H and O–H groups in total. The van der Waals surface area contributed by atoms with Crippen molar-refractivity contribution in [3.8, 4) is 0 Å². The molecule has 10 heteroatoms. The maximum absolute atomic E-state index is 12.0. The summed E-state index contributed by atoms with van der Waals surface area (Å²) in [5.74, 6) is -4.61. The first-order valence-electron chi connectivity index (χ1n) is 11.0. The van der Waals surface area contributed by atoms with Gasteiger partial charge in [0, 0.05) is 24.0 Å². The third-order valence-electron chi connectivity index (χ3n) is 5.52. The Labute approximate surface area is 186 Å². The number of amides is 4. The highest BCUT2D eigenvalue weighted by atomic mass is 16.5. The Morgan fingerprint density at radius 1 is 0.594 bits per heavy atom. The van der Waals surface area contributed by atoms with Crippen LogP contribution in [0, 0.1) is 11.8 Å². The minimum absolute atomic E-state index is 0.201. The number of imide groups is 2. The quantitative estimate of drug-likeness (QED) is 0.413. The van der Waals surface area contributed by atoms with Crippen LogP contribution in [-0.4, -0.2) is 48.8 Å². The van der Waals surface area contributed by atoms with E-state index in [-0.39, 0.29) is 23.7 Å². The number of hydrogen-bond acceptors (Lipinski definition) is 8. The lowest BCUT2D eigenvalue weighted by Gasteiger charge is -2.20. The second-order valence-electron chi connectivity index (χ2n) is 8.04. The van der Waals surface area contributed by atoms with Crippen molar-refractivity contribution in [1.82, 2.24) is 10.6 Å². The summed E-state index contributed by atoms with van der Waals surface area (Å²) in [6, 6.07) is 0. The van der Waals surface area contributed by atoms with Crippen LogP contribution in [0.4, 0.5) is 0 Å². The molecule has 32 heavy (non-hydrogen) atoms. The second kappa shape index (κ2) is 13.4. The number of carbonyl (C=O) groups excluding carboxylic acids is 6. The van der Waals surface area contributed by atoms with Crippen LogP contribution in [0.3, 0.4) is 0 Å². The summed E-state index contributed by atoms with van der Waals surface area (Å²) in [6.07, 6.45) is 10.3. The number of nitrogens with one attached hydrogen (secondary N) is 2. The Morgan fingerprint density at radius 3 is 1.28 bits per heavy atom. The van der Waals surface area contributed by atoms with Gasteiger partial charge in [-0.1, -0.05) is 38.5 Å². The summed E-state index contributed by atoms with van der Waals surface area (Å²) in [5.41, 5.74) is 0. The van der Waals surface area contributed by atoms with E-state index >= 15 is 0 Å². The standard InChI is InChI=1S/C22H30N2O8/c25-17(23-21(29)15-7-3-1-4-8-15)13-31-19(27)11-12-20(28)32-14-18(26)24-22(30)16-9-5-2-6-10-16/h11-12,15-16H,1-10,13-14H2,(H,23,25,29)(H,24,26,30)/b12-11+. The van der Waals surface area contributed by atoms with Crippen LogP contribution in [-0.2, 0) is 38.2 Å². The SMILES string of the molecule is O=C(COC(=O)/C=C/C(=O)OCC(=O)NC(=O)C1CCCCC1)NC(=O)C1CCCCC1. The molecule has 2 aliphatic carbocycles. The molecule has 0 saturated heterocycles. The van der Waals surface area contributed by atoms with E-state index < -0.39 is 37.0 Å². The van der Waals surface area contributed by atoms with Crippen LogP contribution in [0.2, 0.25) is 0 Å². The number of rotatable bonds is 8. The van der Waals surface area contributed by atoms with Gasteiger partial charge in [-0.3, -0.25) is 29.8 Å². The Morgan fingerprint density at radius 2 is 0.938 bits per heavy atom. The van der Waals surface area contributed by atoms with Crippen molar-refractivity contribution in [3.63, 3.8) is 0 Å². The minimum atomic E-state index is -0.987. The van der Waals surface area contributed by atoms with Gasteiger partial charge in [-0.2, -0.15) is 0 Å². The average Bonchev–Trinajstić information content (AvgIpc) is 2.81. The molecule has 0 aromatic heterocycles. The fourth-order valence-corrected chi connectivity index (χ4v) is 3.79. The van der Waals surface area contributed by atoms with Crippen molar-refractivity contribution >= 4 is 35.6 Å². The van der Waals surface area contributed by atoms with E-state index in [1.807, 2.05) is 0 Å². The van der Waals surface area contributed by atoms with E-state index in [2.05, 4.69) is 20.1 Å². The average molecular weight is 450 g/mol. The van der Waals surface area contributed by atoms with Gasteiger partial charge < -0.3 is 9.47 Å². The lowest BCUT2D eigenvalue weighted by Crippen LogP contribution is -2.39. The monoisotopic (exact) mass is 450 g/mol. The molecule has 0 radical (unpaired) electrons. The Hall–Kier alpha value is -3.04. The molecule has 0 bridgehead atoms. The van der Waals surface area contributed by atoms with E-state index in [0.717, 1.165) is 76.4 Å². The molecule has 10 nitrogen and oxygen atoms in total.